The third-order valence-electron chi connectivity index (χ3n) is 6.90. The number of rotatable bonds is 17. The van der Waals surface area contributed by atoms with Crippen LogP contribution in [0.2, 0.25) is 0 Å². The Balaban J connectivity index is 1.29. The molecule has 0 radical (unpaired) electrons. The van der Waals surface area contributed by atoms with Crippen LogP contribution in [0, 0.1) is 0 Å². The third kappa shape index (κ3) is 8.51. The first-order chi connectivity index (χ1) is 17.9. The first-order valence-electron chi connectivity index (χ1n) is 13.7. The van der Waals surface area contributed by atoms with Crippen molar-refractivity contribution in [2.45, 2.75) is 121 Å². The largest absolute Gasteiger partial charge is 0.492 e. The van der Waals surface area contributed by atoms with Crippen LogP contribution in [0.15, 0.2) is 6.33 Å². The first kappa shape index (κ1) is 29.1. The van der Waals surface area contributed by atoms with Crippen LogP contribution in [0.5, 0.6) is 11.9 Å². The summed E-state index contributed by atoms with van der Waals surface area (Å²) in [4.78, 5) is 23.3. The van der Waals surface area contributed by atoms with Gasteiger partial charge in [0.25, 0.3) is 0 Å². The number of nitrogens with zero attached hydrogens (tertiary/aromatic N) is 4. The summed E-state index contributed by atoms with van der Waals surface area (Å²) in [6.45, 7) is 2.04. The zero-order valence-electron chi connectivity index (χ0n) is 21.8. The third-order valence-corrected chi connectivity index (χ3v) is 6.90. The summed E-state index contributed by atoms with van der Waals surface area (Å²) < 4.78 is 12.3. The predicted octanol–water partition coefficient (Wildman–Crippen LogP) is 3.88. The summed E-state index contributed by atoms with van der Waals surface area (Å²) >= 11 is 0. The number of aliphatic hydroxyl groups is 2. The van der Waals surface area contributed by atoms with Crippen molar-refractivity contribution in [2.24, 2.45) is 0 Å². The van der Waals surface area contributed by atoms with Crippen molar-refractivity contribution in [2.75, 3.05) is 6.61 Å². The number of aromatic nitrogens is 4. The zero-order chi connectivity index (χ0) is 26.6. The molecule has 0 aromatic carbocycles. The van der Waals surface area contributed by atoms with Crippen molar-refractivity contribution in [3.05, 3.63) is 6.33 Å². The predicted molar refractivity (Wildman–Crippen MR) is 136 cm³/mol. The van der Waals surface area contributed by atoms with Gasteiger partial charge in [0.2, 0.25) is 5.88 Å². The summed E-state index contributed by atoms with van der Waals surface area (Å²) in [5.41, 5.74) is 0.0390. The summed E-state index contributed by atoms with van der Waals surface area (Å²) in [5, 5.41) is 40.2. The fourth-order valence-electron chi connectivity index (χ4n) is 4.71. The molecule has 11 heteroatoms. The van der Waals surface area contributed by atoms with E-state index in [-0.39, 0.29) is 23.7 Å². The van der Waals surface area contributed by atoms with Crippen molar-refractivity contribution in [1.82, 2.24) is 19.5 Å². The zero-order valence-corrected chi connectivity index (χ0v) is 21.8. The molecule has 2 aromatic rings. The van der Waals surface area contributed by atoms with Crippen LogP contribution in [0.3, 0.4) is 0 Å². The minimum atomic E-state index is -1.36. The van der Waals surface area contributed by atoms with Gasteiger partial charge < -0.3 is 29.9 Å². The van der Waals surface area contributed by atoms with Crippen molar-refractivity contribution in [3.63, 3.8) is 0 Å². The molecular weight excluding hydrogens is 480 g/mol. The van der Waals surface area contributed by atoms with E-state index in [1.165, 1.54) is 75.1 Å². The minimum absolute atomic E-state index is 0.00997. The van der Waals surface area contributed by atoms with E-state index >= 15 is 0 Å². The van der Waals surface area contributed by atoms with Gasteiger partial charge in [0, 0.05) is 6.42 Å². The fourth-order valence-corrected chi connectivity index (χ4v) is 4.71. The van der Waals surface area contributed by atoms with Gasteiger partial charge in [-0.05, 0) is 6.42 Å². The second kappa shape index (κ2) is 15.0. The summed E-state index contributed by atoms with van der Waals surface area (Å²) in [5.74, 6) is -0.889. The maximum absolute atomic E-state index is 12.1. The number of imidazole rings is 1. The van der Waals surface area contributed by atoms with Gasteiger partial charge in [0.15, 0.2) is 17.4 Å². The van der Waals surface area contributed by atoms with Gasteiger partial charge in [-0.15, -0.1) is 0 Å². The molecule has 37 heavy (non-hydrogen) atoms. The summed E-state index contributed by atoms with van der Waals surface area (Å²) in [7, 11) is 0. The van der Waals surface area contributed by atoms with E-state index in [1.54, 1.807) is 0 Å². The van der Waals surface area contributed by atoms with E-state index in [0.717, 1.165) is 19.3 Å². The van der Waals surface area contributed by atoms with Crippen LogP contribution in [-0.4, -0.2) is 70.8 Å². The molecule has 11 nitrogen and oxygen atoms in total. The standard InChI is InChI=1S/C26H42N4O7/c1-2-3-4-5-6-7-8-9-10-11-12-13-14-15-19(31)36-16-18-21(32)22(33)25(37-18)30-17-27-20-23(30)28-26(35)29-24(20)34/h17-18,21-22,25,32-33H,2-16H2,1H3,(H2,28,29,34,35)/t18-,21-,22-,25-/m1/s1. The Morgan fingerprint density at radius 1 is 0.919 bits per heavy atom. The van der Waals surface area contributed by atoms with E-state index in [9.17, 15) is 25.2 Å². The number of hydrogen-bond acceptors (Lipinski definition) is 10. The Morgan fingerprint density at radius 2 is 1.51 bits per heavy atom. The molecule has 0 unspecified atom stereocenters. The van der Waals surface area contributed by atoms with Crippen molar-refractivity contribution >= 4 is 17.1 Å². The maximum Gasteiger partial charge on any atom is 0.319 e. The molecule has 1 aliphatic rings. The molecule has 1 saturated heterocycles. The SMILES string of the molecule is CCCCCCCCCCCCCCCC(=O)OC[C@H]1O[C@@H](n2cnc3c(O)nc(O)nc32)[C@H](O)[C@@H]1O. The number of fused-ring (bicyclic) bond motifs is 1. The van der Waals surface area contributed by atoms with Gasteiger partial charge in [-0.25, -0.2) is 4.98 Å². The smallest absolute Gasteiger partial charge is 0.319 e. The molecule has 1 fully saturated rings. The number of aliphatic hydroxyl groups excluding tert-OH is 2. The van der Waals surface area contributed by atoms with Crippen LogP contribution in [-0.2, 0) is 14.3 Å². The number of carbonyl (C=O) groups excluding carboxylic acids is 1. The molecule has 208 valence electrons. The highest BCUT2D eigenvalue weighted by Gasteiger charge is 2.45. The normalized spacial score (nSPS) is 21.6. The number of esters is 1. The van der Waals surface area contributed by atoms with Crippen LogP contribution >= 0.6 is 0 Å². The van der Waals surface area contributed by atoms with Crippen molar-refractivity contribution in [1.29, 1.82) is 0 Å². The second-order valence-electron chi connectivity index (χ2n) is 9.89. The Hall–Kier alpha value is -2.50. The lowest BCUT2D eigenvalue weighted by molar-refractivity contribution is -0.150. The van der Waals surface area contributed by atoms with Gasteiger partial charge in [0.1, 0.15) is 24.9 Å². The van der Waals surface area contributed by atoms with Crippen molar-refractivity contribution < 1.29 is 34.7 Å². The van der Waals surface area contributed by atoms with E-state index in [1.807, 2.05) is 0 Å². The van der Waals surface area contributed by atoms with E-state index in [0.29, 0.717) is 6.42 Å². The molecule has 1 aliphatic heterocycles. The quantitative estimate of drug-likeness (QED) is 0.177. The molecule has 4 N–H and O–H groups in total. The topological polar surface area (TPSA) is 160 Å². The fraction of sp³-hybridized carbons (Fsp3) is 0.769. The molecule has 0 saturated carbocycles. The highest BCUT2D eigenvalue weighted by molar-refractivity contribution is 5.76. The van der Waals surface area contributed by atoms with E-state index < -0.39 is 36.4 Å². The highest BCUT2D eigenvalue weighted by atomic mass is 16.6. The molecule has 0 amide bonds. The van der Waals surface area contributed by atoms with Crippen LogP contribution in [0.25, 0.3) is 11.2 Å². The minimum Gasteiger partial charge on any atom is -0.492 e. The van der Waals surface area contributed by atoms with Crippen LogP contribution < -0.4 is 0 Å². The second-order valence-corrected chi connectivity index (χ2v) is 9.89. The summed E-state index contributed by atoms with van der Waals surface area (Å²) in [6.07, 6.45) is 12.8. The average molecular weight is 523 g/mol. The molecule has 4 atom stereocenters. The lowest BCUT2D eigenvalue weighted by atomic mass is 10.0. The Kier molecular flexibility index (Phi) is 11.8. The monoisotopic (exact) mass is 522 g/mol. The molecule has 3 heterocycles. The summed E-state index contributed by atoms with van der Waals surface area (Å²) in [6, 6.07) is -0.668. The van der Waals surface area contributed by atoms with Crippen molar-refractivity contribution in [3.8, 4) is 11.9 Å². The number of ether oxygens (including phenoxy) is 2. The van der Waals surface area contributed by atoms with Gasteiger partial charge in [0.05, 0.1) is 6.33 Å². The number of carbonyl (C=O) groups is 1. The number of unbranched alkanes of at least 4 members (excludes halogenated alkanes) is 12. The van der Waals surface area contributed by atoms with Crippen LogP contribution in [0.4, 0.5) is 0 Å². The first-order valence-corrected chi connectivity index (χ1v) is 13.7. The maximum atomic E-state index is 12.1. The Labute approximate surface area is 217 Å². The molecule has 2 aromatic heterocycles. The lowest BCUT2D eigenvalue weighted by Crippen LogP contribution is -2.34. The molecular formula is C26H42N4O7. The van der Waals surface area contributed by atoms with E-state index in [2.05, 4.69) is 21.9 Å². The van der Waals surface area contributed by atoms with Gasteiger partial charge >= 0.3 is 12.0 Å². The number of hydrogen-bond donors (Lipinski definition) is 4. The Morgan fingerprint density at radius 3 is 2.14 bits per heavy atom. The molecule has 0 spiro atoms. The lowest BCUT2D eigenvalue weighted by Gasteiger charge is -2.16. The van der Waals surface area contributed by atoms with Gasteiger partial charge in [-0.1, -0.05) is 84.0 Å². The molecule has 0 aliphatic carbocycles. The van der Waals surface area contributed by atoms with Crippen LogP contribution in [0.1, 0.15) is 103 Å². The number of aromatic hydroxyl groups is 2. The van der Waals surface area contributed by atoms with E-state index in [4.69, 9.17) is 9.47 Å². The van der Waals surface area contributed by atoms with Gasteiger partial charge in [-0.2, -0.15) is 9.97 Å². The Bertz CT molecular complexity index is 970. The molecule has 0 bridgehead atoms. The van der Waals surface area contributed by atoms with Gasteiger partial charge in [-0.3, -0.25) is 9.36 Å². The average Bonchev–Trinajstić information content (AvgIpc) is 3.41. The molecule has 3 rings (SSSR count). The highest BCUT2D eigenvalue weighted by Crippen LogP contribution is 2.33.